The summed E-state index contributed by atoms with van der Waals surface area (Å²) < 4.78 is 5.43. The summed E-state index contributed by atoms with van der Waals surface area (Å²) in [5, 5.41) is 0. The second-order valence-electron chi connectivity index (χ2n) is 11.9. The summed E-state index contributed by atoms with van der Waals surface area (Å²) in [5.41, 5.74) is 0. The number of hydrogen-bond acceptors (Lipinski definition) is 2. The zero-order valence-electron chi connectivity index (χ0n) is 25.9. The molecule has 0 aromatic heterocycles. The van der Waals surface area contributed by atoms with E-state index in [1.54, 1.807) is 0 Å². The zero-order chi connectivity index (χ0) is 26.9. The van der Waals surface area contributed by atoms with E-state index in [1.165, 1.54) is 180 Å². The van der Waals surface area contributed by atoms with Gasteiger partial charge >= 0.3 is 5.97 Å². The second-order valence-corrected chi connectivity index (χ2v) is 11.9. The Labute approximate surface area is 234 Å². The highest BCUT2D eigenvalue weighted by Crippen LogP contribution is 2.15. The Morgan fingerprint density at radius 1 is 0.351 bits per heavy atom. The minimum atomic E-state index is 0.0262. The number of carbonyl (C=O) groups is 1. The summed E-state index contributed by atoms with van der Waals surface area (Å²) in [6.07, 6.45) is 41.6. The highest BCUT2D eigenvalue weighted by Gasteiger charge is 2.02. The van der Waals surface area contributed by atoms with Gasteiger partial charge in [-0.3, -0.25) is 4.79 Å². The van der Waals surface area contributed by atoms with Crippen molar-refractivity contribution in [3.63, 3.8) is 0 Å². The van der Waals surface area contributed by atoms with Crippen molar-refractivity contribution in [3.8, 4) is 0 Å². The third-order valence-electron chi connectivity index (χ3n) is 8.00. The van der Waals surface area contributed by atoms with Crippen LogP contribution in [-0.2, 0) is 9.53 Å². The Hall–Kier alpha value is -0.530. The molecule has 0 aromatic rings. The molecule has 0 heterocycles. The van der Waals surface area contributed by atoms with E-state index >= 15 is 0 Å². The van der Waals surface area contributed by atoms with Crippen molar-refractivity contribution in [1.82, 2.24) is 0 Å². The number of unbranched alkanes of at least 4 members (excludes halogenated alkanes) is 28. The molecule has 0 atom stereocenters. The van der Waals surface area contributed by atoms with Gasteiger partial charge in [-0.05, 0) is 12.8 Å². The lowest BCUT2D eigenvalue weighted by Gasteiger charge is -2.06. The molecule has 2 heteroatoms. The van der Waals surface area contributed by atoms with Crippen LogP contribution in [0.4, 0.5) is 0 Å². The predicted octanol–water partition coefficient (Wildman–Crippen LogP) is 12.7. The van der Waals surface area contributed by atoms with Gasteiger partial charge in [0.05, 0.1) is 6.61 Å². The van der Waals surface area contributed by atoms with Crippen LogP contribution in [0, 0.1) is 0 Å². The largest absolute Gasteiger partial charge is 0.466 e. The first-order valence-corrected chi connectivity index (χ1v) is 17.5. The molecule has 0 rings (SSSR count). The molecule has 0 saturated heterocycles. The smallest absolute Gasteiger partial charge is 0.305 e. The van der Waals surface area contributed by atoms with Gasteiger partial charge in [0.25, 0.3) is 0 Å². The quantitative estimate of drug-likeness (QED) is 0.0648. The number of ether oxygens (including phenoxy) is 1. The Kier molecular flexibility index (Phi) is 33.0. The molecule has 0 bridgehead atoms. The van der Waals surface area contributed by atoms with Crippen LogP contribution in [0.2, 0.25) is 0 Å². The molecule has 0 amide bonds. The number of esters is 1. The maximum Gasteiger partial charge on any atom is 0.305 e. The van der Waals surface area contributed by atoms with Crippen LogP contribution in [0.15, 0.2) is 0 Å². The van der Waals surface area contributed by atoms with E-state index in [-0.39, 0.29) is 5.97 Å². The van der Waals surface area contributed by atoms with Crippen LogP contribution in [0.1, 0.15) is 213 Å². The van der Waals surface area contributed by atoms with Crippen molar-refractivity contribution in [3.05, 3.63) is 0 Å². The summed E-state index contributed by atoms with van der Waals surface area (Å²) in [4.78, 5) is 11.9. The fourth-order valence-electron chi connectivity index (χ4n) is 5.37. The average Bonchev–Trinajstić information content (AvgIpc) is 2.90. The van der Waals surface area contributed by atoms with Gasteiger partial charge in [-0.2, -0.15) is 0 Å². The van der Waals surface area contributed by atoms with E-state index in [2.05, 4.69) is 13.8 Å². The van der Waals surface area contributed by atoms with Crippen LogP contribution < -0.4 is 0 Å². The van der Waals surface area contributed by atoms with Crippen LogP contribution in [0.5, 0.6) is 0 Å². The Balaban J connectivity index is 3.12. The van der Waals surface area contributed by atoms with Crippen molar-refractivity contribution < 1.29 is 9.53 Å². The van der Waals surface area contributed by atoms with Crippen LogP contribution >= 0.6 is 0 Å². The first-order chi connectivity index (χ1) is 18.3. The maximum atomic E-state index is 11.9. The highest BCUT2D eigenvalue weighted by atomic mass is 16.5. The van der Waals surface area contributed by atoms with Crippen molar-refractivity contribution in [2.45, 2.75) is 213 Å². The van der Waals surface area contributed by atoms with Crippen molar-refractivity contribution in [1.29, 1.82) is 0 Å². The molecule has 222 valence electrons. The molecule has 0 aliphatic rings. The lowest BCUT2D eigenvalue weighted by atomic mass is 10.0. The van der Waals surface area contributed by atoms with Crippen LogP contribution in [0.25, 0.3) is 0 Å². The van der Waals surface area contributed by atoms with Crippen LogP contribution in [-0.4, -0.2) is 12.6 Å². The predicted molar refractivity (Wildman–Crippen MR) is 165 cm³/mol. The number of hydrogen-bond donors (Lipinski definition) is 0. The van der Waals surface area contributed by atoms with Gasteiger partial charge in [0.1, 0.15) is 0 Å². The molecule has 0 N–H and O–H groups in total. The number of rotatable bonds is 32. The molecule has 2 nitrogen and oxygen atoms in total. The van der Waals surface area contributed by atoms with Gasteiger partial charge in [-0.15, -0.1) is 0 Å². The lowest BCUT2D eigenvalue weighted by molar-refractivity contribution is -0.143. The minimum Gasteiger partial charge on any atom is -0.466 e. The molecule has 0 unspecified atom stereocenters. The van der Waals surface area contributed by atoms with E-state index in [9.17, 15) is 4.79 Å². The molecule has 0 spiro atoms. The third-order valence-corrected chi connectivity index (χ3v) is 8.00. The molecule has 0 aliphatic carbocycles. The zero-order valence-corrected chi connectivity index (χ0v) is 25.9. The van der Waals surface area contributed by atoms with Crippen molar-refractivity contribution >= 4 is 5.97 Å². The number of carbonyl (C=O) groups excluding carboxylic acids is 1. The first kappa shape index (κ1) is 36.5. The summed E-state index contributed by atoms with van der Waals surface area (Å²) in [6.45, 7) is 5.21. The van der Waals surface area contributed by atoms with Gasteiger partial charge in [0.15, 0.2) is 0 Å². The molecule has 37 heavy (non-hydrogen) atoms. The summed E-state index contributed by atoms with van der Waals surface area (Å²) in [7, 11) is 0. The molecule has 0 radical (unpaired) electrons. The molecule has 0 fully saturated rings. The standard InChI is InChI=1S/C35H70O2/c1-3-5-7-9-11-13-15-16-17-18-19-20-21-22-24-26-28-30-32-34-37-35(36)33-31-29-27-25-23-14-12-10-8-6-4-2/h3-34H2,1-2H3. The average molecular weight is 523 g/mol. The van der Waals surface area contributed by atoms with E-state index < -0.39 is 0 Å². The van der Waals surface area contributed by atoms with Gasteiger partial charge in [-0.1, -0.05) is 194 Å². The first-order valence-electron chi connectivity index (χ1n) is 17.5. The van der Waals surface area contributed by atoms with Crippen molar-refractivity contribution in [2.75, 3.05) is 6.61 Å². The van der Waals surface area contributed by atoms with E-state index in [0.717, 1.165) is 12.8 Å². The molecular formula is C35H70O2. The van der Waals surface area contributed by atoms with Gasteiger partial charge in [-0.25, -0.2) is 0 Å². The third kappa shape index (κ3) is 33.4. The Bertz CT molecular complexity index is 419. The highest BCUT2D eigenvalue weighted by molar-refractivity contribution is 5.69. The van der Waals surface area contributed by atoms with Gasteiger partial charge < -0.3 is 4.74 Å². The topological polar surface area (TPSA) is 26.3 Å². The second kappa shape index (κ2) is 33.5. The molecule has 0 aromatic carbocycles. The monoisotopic (exact) mass is 523 g/mol. The molecule has 0 saturated carbocycles. The van der Waals surface area contributed by atoms with E-state index in [0.29, 0.717) is 13.0 Å². The molecule has 0 aliphatic heterocycles. The van der Waals surface area contributed by atoms with E-state index in [1.807, 2.05) is 0 Å². The lowest BCUT2D eigenvalue weighted by Crippen LogP contribution is -2.05. The molecular weight excluding hydrogens is 452 g/mol. The summed E-state index contributed by atoms with van der Waals surface area (Å²) in [6, 6.07) is 0. The fourth-order valence-corrected chi connectivity index (χ4v) is 5.37. The summed E-state index contributed by atoms with van der Waals surface area (Å²) in [5.74, 6) is 0.0262. The summed E-state index contributed by atoms with van der Waals surface area (Å²) >= 11 is 0. The maximum absolute atomic E-state index is 11.9. The van der Waals surface area contributed by atoms with Gasteiger partial charge in [0.2, 0.25) is 0 Å². The van der Waals surface area contributed by atoms with Crippen LogP contribution in [0.3, 0.4) is 0 Å². The fraction of sp³-hybridized carbons (Fsp3) is 0.971. The minimum absolute atomic E-state index is 0.0262. The van der Waals surface area contributed by atoms with E-state index in [4.69, 9.17) is 4.74 Å². The normalized spacial score (nSPS) is 11.3. The van der Waals surface area contributed by atoms with Crippen molar-refractivity contribution in [2.24, 2.45) is 0 Å². The van der Waals surface area contributed by atoms with Gasteiger partial charge in [0, 0.05) is 6.42 Å². The Morgan fingerprint density at radius 2 is 0.595 bits per heavy atom. The SMILES string of the molecule is CCCCCCCCCCCCCCCCCCCCCOC(=O)CCCCCCCCCCCCC. The Morgan fingerprint density at radius 3 is 0.892 bits per heavy atom.